The molecule has 1 aromatic carbocycles. The Morgan fingerprint density at radius 2 is 1.77 bits per heavy atom. The lowest BCUT2D eigenvalue weighted by atomic mass is 9.64. The number of carbonyl (C=O) groups is 3. The minimum Gasteiger partial charge on any atom is -0.511 e. The van der Waals surface area contributed by atoms with Gasteiger partial charge in [-0.25, -0.2) is 0 Å². The van der Waals surface area contributed by atoms with Gasteiger partial charge in [0.15, 0.2) is 0 Å². The van der Waals surface area contributed by atoms with Crippen molar-refractivity contribution in [3.05, 3.63) is 47.2 Å². The highest BCUT2D eigenvalue weighted by molar-refractivity contribution is 6.19. The molecule has 0 atom stereocenters. The van der Waals surface area contributed by atoms with Crippen molar-refractivity contribution in [2.75, 3.05) is 19.6 Å². The SMILES string of the molecule is O=C(O)CNC(=O)C1=C(O)C2(CCC2)CN(CC2CCC(c3ccccc3)CC2)C1=O. The lowest BCUT2D eigenvalue weighted by molar-refractivity contribution is -0.140. The van der Waals surface area contributed by atoms with Crippen molar-refractivity contribution in [2.45, 2.75) is 50.9 Å². The molecule has 0 unspecified atom stereocenters. The Balaban J connectivity index is 1.44. The van der Waals surface area contributed by atoms with Crippen LogP contribution in [0.25, 0.3) is 0 Å². The average molecular weight is 427 g/mol. The average Bonchev–Trinajstić information content (AvgIpc) is 2.74. The van der Waals surface area contributed by atoms with Crippen molar-refractivity contribution in [1.29, 1.82) is 0 Å². The van der Waals surface area contributed by atoms with Crippen LogP contribution in [0.2, 0.25) is 0 Å². The van der Waals surface area contributed by atoms with Gasteiger partial charge in [0, 0.05) is 18.5 Å². The first-order valence-corrected chi connectivity index (χ1v) is 11.2. The molecule has 4 rings (SSSR count). The number of hydrogen-bond donors (Lipinski definition) is 3. The highest BCUT2D eigenvalue weighted by Gasteiger charge is 2.51. The molecule has 7 nitrogen and oxygen atoms in total. The number of carbonyl (C=O) groups excluding carboxylic acids is 2. The summed E-state index contributed by atoms with van der Waals surface area (Å²) in [7, 11) is 0. The zero-order valence-corrected chi connectivity index (χ0v) is 17.7. The minimum absolute atomic E-state index is 0.157. The maximum Gasteiger partial charge on any atom is 0.322 e. The number of nitrogens with zero attached hydrogens (tertiary/aromatic N) is 1. The molecule has 1 aliphatic heterocycles. The topological polar surface area (TPSA) is 107 Å². The molecule has 166 valence electrons. The Hall–Kier alpha value is -2.83. The van der Waals surface area contributed by atoms with Gasteiger partial charge in [-0.1, -0.05) is 36.8 Å². The van der Waals surface area contributed by atoms with Crippen LogP contribution in [0, 0.1) is 11.3 Å². The molecule has 3 N–H and O–H groups in total. The van der Waals surface area contributed by atoms with Crippen molar-refractivity contribution in [2.24, 2.45) is 11.3 Å². The number of aliphatic hydroxyl groups is 1. The maximum atomic E-state index is 13.1. The lowest BCUT2D eigenvalue weighted by Gasteiger charge is -2.48. The van der Waals surface area contributed by atoms with Gasteiger partial charge in [-0.3, -0.25) is 14.4 Å². The second kappa shape index (κ2) is 8.73. The Morgan fingerprint density at radius 1 is 1.10 bits per heavy atom. The molecule has 1 heterocycles. The van der Waals surface area contributed by atoms with Gasteiger partial charge in [0.05, 0.1) is 0 Å². The van der Waals surface area contributed by atoms with Crippen LogP contribution < -0.4 is 5.32 Å². The second-order valence-corrected chi connectivity index (χ2v) is 9.25. The van der Waals surface area contributed by atoms with E-state index >= 15 is 0 Å². The summed E-state index contributed by atoms with van der Waals surface area (Å²) in [6.07, 6.45) is 6.61. The van der Waals surface area contributed by atoms with Crippen LogP contribution in [0.4, 0.5) is 0 Å². The molecular weight excluding hydrogens is 396 g/mol. The fourth-order valence-corrected chi connectivity index (χ4v) is 5.35. The van der Waals surface area contributed by atoms with E-state index in [1.807, 2.05) is 6.07 Å². The third kappa shape index (κ3) is 4.31. The number of carboxylic acid groups (broad SMARTS) is 1. The number of amides is 2. The highest BCUT2D eigenvalue weighted by atomic mass is 16.4. The Kier molecular flexibility index (Phi) is 6.03. The third-order valence-electron chi connectivity index (χ3n) is 7.27. The second-order valence-electron chi connectivity index (χ2n) is 9.25. The number of aliphatic hydroxyl groups excluding tert-OH is 1. The number of carboxylic acids is 1. The molecule has 0 saturated heterocycles. The fraction of sp³-hybridized carbons (Fsp3) is 0.542. The van der Waals surface area contributed by atoms with Gasteiger partial charge in [-0.2, -0.15) is 0 Å². The van der Waals surface area contributed by atoms with Crippen LogP contribution in [-0.2, 0) is 14.4 Å². The number of rotatable bonds is 6. The van der Waals surface area contributed by atoms with Crippen molar-refractivity contribution in [3.8, 4) is 0 Å². The normalized spacial score (nSPS) is 25.3. The molecule has 2 saturated carbocycles. The number of hydrogen-bond acceptors (Lipinski definition) is 4. The Morgan fingerprint density at radius 3 is 2.35 bits per heavy atom. The molecule has 7 heteroatoms. The maximum absolute atomic E-state index is 13.1. The van der Waals surface area contributed by atoms with Crippen LogP contribution in [0.3, 0.4) is 0 Å². The van der Waals surface area contributed by atoms with E-state index in [1.165, 1.54) is 5.56 Å². The summed E-state index contributed by atoms with van der Waals surface area (Å²) >= 11 is 0. The number of benzene rings is 1. The van der Waals surface area contributed by atoms with Gasteiger partial charge in [-0.05, 0) is 55.9 Å². The van der Waals surface area contributed by atoms with Crippen molar-refractivity contribution in [1.82, 2.24) is 10.2 Å². The standard InChI is InChI=1S/C24H30N2O5/c27-19(28)13-25-22(30)20-21(29)24(11-4-12-24)15-26(23(20)31)14-16-7-9-18(10-8-16)17-5-2-1-3-6-17/h1-3,5-6,16,18,29H,4,7-15H2,(H,25,30)(H,27,28). The monoisotopic (exact) mass is 426 g/mol. The molecule has 0 aromatic heterocycles. The van der Waals surface area contributed by atoms with Crippen molar-refractivity contribution in [3.63, 3.8) is 0 Å². The molecular formula is C24H30N2O5. The first-order chi connectivity index (χ1) is 14.9. The van der Waals surface area contributed by atoms with Crippen LogP contribution in [-0.4, -0.2) is 52.5 Å². The number of aliphatic carboxylic acids is 1. The molecule has 0 bridgehead atoms. The van der Waals surface area contributed by atoms with Crippen molar-refractivity contribution < 1.29 is 24.6 Å². The van der Waals surface area contributed by atoms with E-state index < -0.39 is 29.7 Å². The zero-order chi connectivity index (χ0) is 22.0. The van der Waals surface area contributed by atoms with E-state index in [9.17, 15) is 19.5 Å². The van der Waals surface area contributed by atoms with Gasteiger partial charge in [0.25, 0.3) is 11.8 Å². The van der Waals surface area contributed by atoms with Gasteiger partial charge >= 0.3 is 5.97 Å². The molecule has 3 aliphatic rings. The summed E-state index contributed by atoms with van der Waals surface area (Å²) in [6, 6.07) is 10.5. The lowest BCUT2D eigenvalue weighted by Crippen LogP contribution is -2.54. The summed E-state index contributed by atoms with van der Waals surface area (Å²) in [6.45, 7) is 0.427. The van der Waals surface area contributed by atoms with E-state index in [0.29, 0.717) is 24.9 Å². The van der Waals surface area contributed by atoms with Gasteiger partial charge in [-0.15, -0.1) is 0 Å². The zero-order valence-electron chi connectivity index (χ0n) is 17.7. The molecule has 1 aromatic rings. The first kappa shape index (κ1) is 21.4. The largest absolute Gasteiger partial charge is 0.511 e. The fourth-order valence-electron chi connectivity index (χ4n) is 5.35. The van der Waals surface area contributed by atoms with Gasteiger partial charge in [0.2, 0.25) is 0 Å². The predicted octanol–water partition coefficient (Wildman–Crippen LogP) is 2.99. The molecule has 0 radical (unpaired) electrons. The molecule has 2 amide bonds. The van der Waals surface area contributed by atoms with E-state index in [4.69, 9.17) is 5.11 Å². The summed E-state index contributed by atoms with van der Waals surface area (Å²) in [5, 5.41) is 21.8. The summed E-state index contributed by atoms with van der Waals surface area (Å²) < 4.78 is 0. The Labute approximate surface area is 182 Å². The molecule has 31 heavy (non-hydrogen) atoms. The molecule has 1 spiro atoms. The van der Waals surface area contributed by atoms with E-state index in [0.717, 1.165) is 44.9 Å². The van der Waals surface area contributed by atoms with E-state index in [2.05, 4.69) is 29.6 Å². The smallest absolute Gasteiger partial charge is 0.322 e. The van der Waals surface area contributed by atoms with Gasteiger partial charge in [0.1, 0.15) is 17.9 Å². The van der Waals surface area contributed by atoms with Crippen LogP contribution in [0.1, 0.15) is 56.4 Å². The summed E-state index contributed by atoms with van der Waals surface area (Å²) in [5.41, 5.74) is 0.546. The molecule has 2 aliphatic carbocycles. The third-order valence-corrected chi connectivity index (χ3v) is 7.27. The molecule has 2 fully saturated rings. The quantitative estimate of drug-likeness (QED) is 0.606. The van der Waals surface area contributed by atoms with Crippen molar-refractivity contribution >= 4 is 17.8 Å². The number of nitrogens with one attached hydrogen (secondary N) is 1. The van der Waals surface area contributed by atoms with E-state index in [1.54, 1.807) is 4.90 Å². The van der Waals surface area contributed by atoms with Crippen LogP contribution >= 0.6 is 0 Å². The minimum atomic E-state index is -1.19. The Bertz CT molecular complexity index is 882. The predicted molar refractivity (Wildman–Crippen MR) is 114 cm³/mol. The van der Waals surface area contributed by atoms with E-state index in [-0.39, 0.29) is 11.3 Å². The van der Waals surface area contributed by atoms with Crippen LogP contribution in [0.15, 0.2) is 41.7 Å². The summed E-state index contributed by atoms with van der Waals surface area (Å²) in [4.78, 5) is 38.2. The first-order valence-electron chi connectivity index (χ1n) is 11.2. The summed E-state index contributed by atoms with van der Waals surface area (Å²) in [5.74, 6) is -1.71. The van der Waals surface area contributed by atoms with Crippen LogP contribution in [0.5, 0.6) is 0 Å². The highest BCUT2D eigenvalue weighted by Crippen LogP contribution is 2.50. The van der Waals surface area contributed by atoms with Gasteiger partial charge < -0.3 is 20.4 Å².